The first-order valence-corrected chi connectivity index (χ1v) is 8.08. The van der Waals surface area contributed by atoms with Crippen LogP contribution in [0.5, 0.6) is 0 Å². The van der Waals surface area contributed by atoms with Crippen LogP contribution in [0.25, 0.3) is 11.4 Å². The van der Waals surface area contributed by atoms with E-state index in [2.05, 4.69) is 37.6 Å². The molecule has 1 unspecified atom stereocenters. The number of aromatic nitrogens is 3. The minimum Gasteiger partial charge on any atom is -0.376 e. The fourth-order valence-electron chi connectivity index (χ4n) is 2.52. The minimum absolute atomic E-state index is 0.0140. The average molecular weight is 291 g/mol. The highest BCUT2D eigenvalue weighted by molar-refractivity contribution is 7.08. The van der Waals surface area contributed by atoms with Gasteiger partial charge in [0.2, 0.25) is 0 Å². The smallest absolute Gasteiger partial charge is 0.182 e. The van der Waals surface area contributed by atoms with Crippen molar-refractivity contribution in [3.8, 4) is 11.4 Å². The quantitative estimate of drug-likeness (QED) is 0.869. The third-order valence-corrected chi connectivity index (χ3v) is 4.21. The second kappa shape index (κ2) is 5.30. The van der Waals surface area contributed by atoms with Gasteiger partial charge in [0, 0.05) is 23.0 Å². The fourth-order valence-corrected chi connectivity index (χ4v) is 3.15. The molecule has 0 amide bonds. The molecule has 0 N–H and O–H groups in total. The fraction of sp³-hybridized carbons (Fsp3) is 0.600. The molecule has 3 heterocycles. The van der Waals surface area contributed by atoms with Gasteiger partial charge in [0.15, 0.2) is 5.82 Å². The summed E-state index contributed by atoms with van der Waals surface area (Å²) < 4.78 is 7.78. The second-order valence-corrected chi connectivity index (χ2v) is 7.12. The minimum atomic E-state index is -0.0140. The van der Waals surface area contributed by atoms with Gasteiger partial charge in [0.25, 0.3) is 0 Å². The summed E-state index contributed by atoms with van der Waals surface area (Å²) in [4.78, 5) is 4.77. The molecule has 2 aromatic rings. The van der Waals surface area contributed by atoms with Crippen LogP contribution in [0, 0.1) is 0 Å². The topological polar surface area (TPSA) is 39.9 Å². The predicted molar refractivity (Wildman–Crippen MR) is 81.0 cm³/mol. The molecule has 0 spiro atoms. The van der Waals surface area contributed by atoms with Gasteiger partial charge >= 0.3 is 0 Å². The summed E-state index contributed by atoms with van der Waals surface area (Å²) in [7, 11) is 0. The molecule has 1 fully saturated rings. The van der Waals surface area contributed by atoms with Crippen LogP contribution in [0.15, 0.2) is 16.8 Å². The highest BCUT2D eigenvalue weighted by atomic mass is 32.1. The molecule has 0 aliphatic carbocycles. The predicted octanol–water partition coefficient (Wildman–Crippen LogP) is 3.48. The summed E-state index contributed by atoms with van der Waals surface area (Å²) in [6.07, 6.45) is 2.56. The Hall–Kier alpha value is -1.20. The lowest BCUT2D eigenvalue weighted by molar-refractivity contribution is 0.0923. The van der Waals surface area contributed by atoms with E-state index in [1.165, 1.54) is 0 Å². The molecule has 20 heavy (non-hydrogen) atoms. The Morgan fingerprint density at radius 1 is 1.45 bits per heavy atom. The lowest BCUT2D eigenvalue weighted by Gasteiger charge is -2.19. The maximum absolute atomic E-state index is 5.74. The highest BCUT2D eigenvalue weighted by Gasteiger charge is 2.26. The van der Waals surface area contributed by atoms with Gasteiger partial charge in [0.05, 0.1) is 12.6 Å². The molecule has 1 aliphatic rings. The van der Waals surface area contributed by atoms with Crippen molar-refractivity contribution in [3.63, 3.8) is 0 Å². The van der Waals surface area contributed by atoms with Crippen LogP contribution in [-0.4, -0.2) is 27.5 Å². The Kier molecular flexibility index (Phi) is 3.65. The van der Waals surface area contributed by atoms with E-state index in [1.54, 1.807) is 11.3 Å². The zero-order valence-corrected chi connectivity index (χ0v) is 13.1. The molecule has 3 rings (SSSR count). The Morgan fingerprint density at radius 3 is 2.90 bits per heavy atom. The van der Waals surface area contributed by atoms with Crippen molar-refractivity contribution in [2.24, 2.45) is 0 Å². The van der Waals surface area contributed by atoms with Crippen LogP contribution in [0.4, 0.5) is 0 Å². The highest BCUT2D eigenvalue weighted by Crippen LogP contribution is 2.26. The summed E-state index contributed by atoms with van der Waals surface area (Å²) >= 11 is 1.68. The van der Waals surface area contributed by atoms with Crippen LogP contribution >= 0.6 is 11.3 Å². The molecule has 2 aromatic heterocycles. The molecular formula is C15H21N3OS. The van der Waals surface area contributed by atoms with Crippen molar-refractivity contribution in [3.05, 3.63) is 22.7 Å². The monoisotopic (exact) mass is 291 g/mol. The summed E-state index contributed by atoms with van der Waals surface area (Å²) in [5, 5.41) is 8.87. The summed E-state index contributed by atoms with van der Waals surface area (Å²) in [6.45, 7) is 8.23. The van der Waals surface area contributed by atoms with E-state index in [-0.39, 0.29) is 11.5 Å². The molecule has 5 heteroatoms. The van der Waals surface area contributed by atoms with E-state index in [4.69, 9.17) is 14.8 Å². The van der Waals surface area contributed by atoms with Crippen molar-refractivity contribution in [2.75, 3.05) is 6.61 Å². The molecule has 1 atom stereocenters. The van der Waals surface area contributed by atoms with Gasteiger partial charge in [-0.25, -0.2) is 9.67 Å². The molecule has 0 aromatic carbocycles. The van der Waals surface area contributed by atoms with Gasteiger partial charge in [-0.1, -0.05) is 20.8 Å². The number of ether oxygens (including phenoxy) is 1. The lowest BCUT2D eigenvalue weighted by atomic mass is 9.95. The molecule has 0 saturated carbocycles. The molecule has 4 nitrogen and oxygen atoms in total. The van der Waals surface area contributed by atoms with E-state index in [0.717, 1.165) is 43.2 Å². The largest absolute Gasteiger partial charge is 0.376 e. The van der Waals surface area contributed by atoms with Crippen molar-refractivity contribution < 1.29 is 4.74 Å². The van der Waals surface area contributed by atoms with Crippen LogP contribution < -0.4 is 0 Å². The average Bonchev–Trinajstić information content (AvgIpc) is 3.08. The summed E-state index contributed by atoms with van der Waals surface area (Å²) in [6, 6.07) is 2.07. The molecular weight excluding hydrogens is 270 g/mol. The Morgan fingerprint density at radius 2 is 2.30 bits per heavy atom. The van der Waals surface area contributed by atoms with Crippen molar-refractivity contribution >= 4 is 11.3 Å². The van der Waals surface area contributed by atoms with Gasteiger partial charge in [-0.05, 0) is 24.3 Å². The SMILES string of the molecule is CC(C)(C)c1nc(-c2ccsc2)nn1CC1CCCO1. The second-order valence-electron chi connectivity index (χ2n) is 6.34. The standard InChI is InChI=1S/C15H21N3OS/c1-15(2,3)14-16-13(11-6-8-20-10-11)17-18(14)9-12-5-4-7-19-12/h6,8,10,12H,4-5,7,9H2,1-3H3. The molecule has 0 radical (unpaired) electrons. The third kappa shape index (κ3) is 2.79. The number of thiophene rings is 1. The van der Waals surface area contributed by atoms with Gasteiger partial charge in [-0.2, -0.15) is 16.4 Å². The number of nitrogens with zero attached hydrogens (tertiary/aromatic N) is 3. The van der Waals surface area contributed by atoms with E-state index in [9.17, 15) is 0 Å². The van der Waals surface area contributed by atoms with Gasteiger partial charge in [-0.3, -0.25) is 0 Å². The summed E-state index contributed by atoms with van der Waals surface area (Å²) in [5.41, 5.74) is 1.09. The van der Waals surface area contributed by atoms with E-state index in [1.807, 2.05) is 4.68 Å². The van der Waals surface area contributed by atoms with Crippen molar-refractivity contribution in [2.45, 2.75) is 51.7 Å². The zero-order chi connectivity index (χ0) is 14.2. The Labute approximate surface area is 123 Å². The van der Waals surface area contributed by atoms with E-state index < -0.39 is 0 Å². The molecule has 0 bridgehead atoms. The Bertz CT molecular complexity index is 562. The maximum Gasteiger partial charge on any atom is 0.182 e. The van der Waals surface area contributed by atoms with Crippen LogP contribution in [0.3, 0.4) is 0 Å². The third-order valence-electron chi connectivity index (χ3n) is 3.52. The molecule has 1 saturated heterocycles. The van der Waals surface area contributed by atoms with Gasteiger partial charge in [-0.15, -0.1) is 0 Å². The van der Waals surface area contributed by atoms with Crippen LogP contribution in [0.1, 0.15) is 39.4 Å². The van der Waals surface area contributed by atoms with Crippen molar-refractivity contribution in [1.29, 1.82) is 0 Å². The normalized spacial score (nSPS) is 19.6. The number of hydrogen-bond acceptors (Lipinski definition) is 4. The van der Waals surface area contributed by atoms with Gasteiger partial charge < -0.3 is 4.74 Å². The molecule has 108 valence electrons. The first-order chi connectivity index (χ1) is 9.54. The lowest BCUT2D eigenvalue weighted by Crippen LogP contribution is -2.24. The summed E-state index contributed by atoms with van der Waals surface area (Å²) in [5.74, 6) is 1.86. The number of hydrogen-bond donors (Lipinski definition) is 0. The van der Waals surface area contributed by atoms with E-state index >= 15 is 0 Å². The van der Waals surface area contributed by atoms with E-state index in [0.29, 0.717) is 0 Å². The van der Waals surface area contributed by atoms with Gasteiger partial charge in [0.1, 0.15) is 5.82 Å². The maximum atomic E-state index is 5.74. The van der Waals surface area contributed by atoms with Crippen LogP contribution in [-0.2, 0) is 16.7 Å². The molecule has 1 aliphatic heterocycles. The number of rotatable bonds is 3. The van der Waals surface area contributed by atoms with Crippen LogP contribution in [0.2, 0.25) is 0 Å². The first kappa shape index (κ1) is 13.8. The zero-order valence-electron chi connectivity index (χ0n) is 12.3. The Balaban J connectivity index is 1.93. The first-order valence-electron chi connectivity index (χ1n) is 7.13. The van der Waals surface area contributed by atoms with Crippen molar-refractivity contribution in [1.82, 2.24) is 14.8 Å².